The molecule has 2 nitrogen and oxygen atoms in total. The van der Waals surface area contributed by atoms with E-state index in [-0.39, 0.29) is 12.5 Å². The van der Waals surface area contributed by atoms with Gasteiger partial charge in [-0.3, -0.25) is 4.79 Å². The lowest BCUT2D eigenvalue weighted by Crippen LogP contribution is -2.31. The maximum atomic E-state index is 12.9. The predicted octanol–water partition coefficient (Wildman–Crippen LogP) is 2.19. The average Bonchev–Trinajstić information content (AvgIpc) is 2.30. The van der Waals surface area contributed by atoms with Crippen LogP contribution in [-0.4, -0.2) is 17.7 Å². The first-order valence-corrected chi connectivity index (χ1v) is 5.75. The molecule has 0 aliphatic carbocycles. The van der Waals surface area contributed by atoms with Crippen molar-refractivity contribution in [1.82, 2.24) is 5.32 Å². The maximum Gasteiger partial charge on any atom is 0.233 e. The van der Waals surface area contributed by atoms with E-state index in [1.807, 2.05) is 0 Å². The minimum Gasteiger partial charge on any atom is -0.344 e. The highest BCUT2D eigenvalue weighted by Gasteiger charge is 2.14. The number of nitrogens with one attached hydrogen (secondary N) is 1. The van der Waals surface area contributed by atoms with Crippen molar-refractivity contribution in [2.24, 2.45) is 0 Å². The van der Waals surface area contributed by atoms with Gasteiger partial charge in [-0.2, -0.15) is 0 Å². The largest absolute Gasteiger partial charge is 0.344 e. The molecular weight excluding hydrogens is 244 g/mol. The number of carbonyl (C=O) groups is 1. The Labute approximate surface area is 103 Å². The average molecular weight is 255 g/mol. The standard InChI is InChI=1S/C12H11F2NOS/c1-3-6-15-12(16)8(2)17-9-4-5-10(13)11(14)7-9/h1,4-5,7-8H,6H2,2H3,(H,15,16). The summed E-state index contributed by atoms with van der Waals surface area (Å²) in [6, 6.07) is 3.52. The van der Waals surface area contributed by atoms with E-state index in [4.69, 9.17) is 6.42 Å². The Kier molecular flexibility index (Phi) is 4.98. The normalized spacial score (nSPS) is 11.6. The number of thioether (sulfide) groups is 1. The molecule has 1 rings (SSSR count). The molecule has 5 heteroatoms. The second-order valence-corrected chi connectivity index (χ2v) is 4.67. The summed E-state index contributed by atoms with van der Waals surface area (Å²) in [5, 5.41) is 2.09. The highest BCUT2D eigenvalue weighted by Crippen LogP contribution is 2.24. The Morgan fingerprint density at radius 1 is 1.53 bits per heavy atom. The number of terminal acetylenes is 1. The minimum absolute atomic E-state index is 0.154. The van der Waals surface area contributed by atoms with E-state index in [2.05, 4.69) is 11.2 Å². The number of rotatable bonds is 4. The van der Waals surface area contributed by atoms with E-state index in [1.54, 1.807) is 6.92 Å². The summed E-state index contributed by atoms with van der Waals surface area (Å²) >= 11 is 1.14. The first-order valence-electron chi connectivity index (χ1n) is 4.87. The molecule has 90 valence electrons. The molecule has 0 bridgehead atoms. The molecule has 0 radical (unpaired) electrons. The molecule has 0 aromatic heterocycles. The fraction of sp³-hybridized carbons (Fsp3) is 0.250. The van der Waals surface area contributed by atoms with Crippen molar-refractivity contribution in [2.75, 3.05) is 6.54 Å². The van der Waals surface area contributed by atoms with Crippen LogP contribution in [0.2, 0.25) is 0 Å². The summed E-state index contributed by atoms with van der Waals surface area (Å²) in [6.45, 7) is 1.82. The van der Waals surface area contributed by atoms with Crippen molar-refractivity contribution in [3.63, 3.8) is 0 Å². The highest BCUT2D eigenvalue weighted by atomic mass is 32.2. The first kappa shape index (κ1) is 13.5. The van der Waals surface area contributed by atoms with Crippen LogP contribution in [0.15, 0.2) is 23.1 Å². The smallest absolute Gasteiger partial charge is 0.233 e. The van der Waals surface area contributed by atoms with E-state index < -0.39 is 16.9 Å². The molecule has 0 aliphatic heterocycles. The van der Waals surface area contributed by atoms with Gasteiger partial charge in [0.25, 0.3) is 0 Å². The van der Waals surface area contributed by atoms with Crippen LogP contribution in [0.3, 0.4) is 0 Å². The summed E-state index contributed by atoms with van der Waals surface area (Å²) in [5.74, 6) is 0.216. The van der Waals surface area contributed by atoms with Crippen LogP contribution in [0.1, 0.15) is 6.92 Å². The molecule has 1 aromatic carbocycles. The Morgan fingerprint density at radius 3 is 2.82 bits per heavy atom. The molecule has 0 fully saturated rings. The molecular formula is C12H11F2NOS. The second-order valence-electron chi connectivity index (χ2n) is 3.26. The lowest BCUT2D eigenvalue weighted by atomic mass is 10.3. The molecule has 0 saturated carbocycles. The van der Waals surface area contributed by atoms with E-state index in [0.29, 0.717) is 4.90 Å². The second kappa shape index (κ2) is 6.26. The summed E-state index contributed by atoms with van der Waals surface area (Å²) < 4.78 is 25.6. The fourth-order valence-corrected chi connectivity index (χ4v) is 2.01. The van der Waals surface area contributed by atoms with Gasteiger partial charge in [-0.05, 0) is 25.1 Å². The van der Waals surface area contributed by atoms with E-state index in [9.17, 15) is 13.6 Å². The third-order valence-corrected chi connectivity index (χ3v) is 3.03. The zero-order valence-electron chi connectivity index (χ0n) is 9.17. The van der Waals surface area contributed by atoms with E-state index >= 15 is 0 Å². The Balaban J connectivity index is 2.62. The van der Waals surface area contributed by atoms with Gasteiger partial charge in [0.15, 0.2) is 11.6 Å². The monoisotopic (exact) mass is 255 g/mol. The van der Waals surface area contributed by atoms with Gasteiger partial charge < -0.3 is 5.32 Å². The minimum atomic E-state index is -0.925. The lowest BCUT2D eigenvalue weighted by molar-refractivity contribution is -0.120. The SMILES string of the molecule is C#CCNC(=O)C(C)Sc1ccc(F)c(F)c1. The van der Waals surface area contributed by atoms with Gasteiger partial charge >= 0.3 is 0 Å². The molecule has 1 atom stereocenters. The van der Waals surface area contributed by atoms with Gasteiger partial charge in [-0.1, -0.05) is 5.92 Å². The predicted molar refractivity (Wildman–Crippen MR) is 63.5 cm³/mol. The van der Waals surface area contributed by atoms with E-state index in [1.165, 1.54) is 6.07 Å². The van der Waals surface area contributed by atoms with Crippen LogP contribution >= 0.6 is 11.8 Å². The number of hydrogen-bond acceptors (Lipinski definition) is 2. The maximum absolute atomic E-state index is 12.9. The lowest BCUT2D eigenvalue weighted by Gasteiger charge is -2.10. The Hall–Kier alpha value is -1.54. The number of hydrogen-bond donors (Lipinski definition) is 1. The fourth-order valence-electron chi connectivity index (χ4n) is 1.09. The summed E-state index contributed by atoms with van der Waals surface area (Å²) in [6.07, 6.45) is 5.00. The quantitative estimate of drug-likeness (QED) is 0.660. The Morgan fingerprint density at radius 2 is 2.24 bits per heavy atom. The van der Waals surface area contributed by atoms with Gasteiger partial charge in [0.1, 0.15) is 0 Å². The number of carbonyl (C=O) groups excluding carboxylic acids is 1. The highest BCUT2D eigenvalue weighted by molar-refractivity contribution is 8.00. The first-order chi connectivity index (χ1) is 8.04. The van der Waals surface area contributed by atoms with Crippen molar-refractivity contribution in [2.45, 2.75) is 17.1 Å². The molecule has 1 amide bonds. The molecule has 1 unspecified atom stereocenters. The molecule has 17 heavy (non-hydrogen) atoms. The summed E-state index contributed by atoms with van der Waals surface area (Å²) in [5.41, 5.74) is 0. The molecule has 1 N–H and O–H groups in total. The van der Waals surface area contributed by atoms with Crippen molar-refractivity contribution >= 4 is 17.7 Å². The number of halogens is 2. The van der Waals surface area contributed by atoms with Crippen LogP contribution in [0.5, 0.6) is 0 Å². The van der Waals surface area contributed by atoms with Gasteiger partial charge in [0, 0.05) is 4.90 Å². The zero-order valence-corrected chi connectivity index (χ0v) is 9.98. The van der Waals surface area contributed by atoms with E-state index in [0.717, 1.165) is 23.9 Å². The topological polar surface area (TPSA) is 29.1 Å². The third kappa shape index (κ3) is 4.08. The molecule has 1 aromatic rings. The van der Waals surface area contributed by atoms with Crippen LogP contribution in [-0.2, 0) is 4.79 Å². The molecule has 0 aliphatic rings. The number of amides is 1. The zero-order chi connectivity index (χ0) is 12.8. The van der Waals surface area contributed by atoms with Crippen molar-refractivity contribution in [3.05, 3.63) is 29.8 Å². The van der Waals surface area contributed by atoms with Crippen molar-refractivity contribution in [1.29, 1.82) is 0 Å². The Bertz CT molecular complexity index is 456. The van der Waals surface area contributed by atoms with Crippen LogP contribution < -0.4 is 5.32 Å². The van der Waals surface area contributed by atoms with Gasteiger partial charge in [0.2, 0.25) is 5.91 Å². The third-order valence-electron chi connectivity index (χ3n) is 1.94. The molecule has 0 spiro atoms. The van der Waals surface area contributed by atoms with Gasteiger partial charge in [-0.15, -0.1) is 18.2 Å². The molecule has 0 saturated heterocycles. The van der Waals surface area contributed by atoms with Crippen LogP contribution in [0.4, 0.5) is 8.78 Å². The van der Waals surface area contributed by atoms with Crippen molar-refractivity contribution < 1.29 is 13.6 Å². The van der Waals surface area contributed by atoms with Crippen LogP contribution in [0, 0.1) is 24.0 Å². The molecule has 0 heterocycles. The summed E-state index contributed by atoms with van der Waals surface area (Å²) in [4.78, 5) is 12.0. The van der Waals surface area contributed by atoms with Gasteiger partial charge in [0.05, 0.1) is 11.8 Å². The summed E-state index contributed by atoms with van der Waals surface area (Å²) in [7, 11) is 0. The van der Waals surface area contributed by atoms with Crippen LogP contribution in [0.25, 0.3) is 0 Å². The number of benzene rings is 1. The van der Waals surface area contributed by atoms with Gasteiger partial charge in [-0.25, -0.2) is 8.78 Å². The van der Waals surface area contributed by atoms with Crippen molar-refractivity contribution in [3.8, 4) is 12.3 Å².